The molecule has 0 aromatic heterocycles. The highest BCUT2D eigenvalue weighted by Crippen LogP contribution is 2.13. The van der Waals surface area contributed by atoms with Gasteiger partial charge in [-0.2, -0.15) is 0 Å². The molecule has 0 unspecified atom stereocenters. The second kappa shape index (κ2) is 6.25. The van der Waals surface area contributed by atoms with E-state index in [1.165, 1.54) is 0 Å². The molecule has 0 spiro atoms. The zero-order chi connectivity index (χ0) is 12.8. The summed E-state index contributed by atoms with van der Waals surface area (Å²) in [6.07, 6.45) is 0. The van der Waals surface area contributed by atoms with Gasteiger partial charge in [0.05, 0.1) is 6.54 Å². The summed E-state index contributed by atoms with van der Waals surface area (Å²) in [4.78, 5) is 15.3. The highest BCUT2D eigenvalue weighted by atomic mass is 16.2. The van der Waals surface area contributed by atoms with Crippen molar-refractivity contribution >= 4 is 11.6 Å². The Hall–Kier alpha value is -1.55. The molecule has 0 saturated heterocycles. The molecule has 4 heteroatoms. The largest absolute Gasteiger partial charge is 0.378 e. The lowest BCUT2D eigenvalue weighted by Crippen LogP contribution is -2.35. The minimum Gasteiger partial charge on any atom is -0.378 e. The Morgan fingerprint density at radius 2 is 1.82 bits per heavy atom. The van der Waals surface area contributed by atoms with Gasteiger partial charge in [-0.3, -0.25) is 4.79 Å². The number of nitrogens with zero attached hydrogens (tertiary/aromatic N) is 2. The highest BCUT2D eigenvalue weighted by molar-refractivity contribution is 5.77. The standard InChI is InChI=1S/C13H21N3O/c1-4-16(13(17)9-14)10-11-5-7-12(8-6-11)15(2)3/h5-8H,4,9-10,14H2,1-3H3. The summed E-state index contributed by atoms with van der Waals surface area (Å²) < 4.78 is 0. The minimum absolute atomic E-state index is 0.0100. The molecule has 0 aliphatic carbocycles. The van der Waals surface area contributed by atoms with E-state index in [0.717, 1.165) is 11.3 Å². The zero-order valence-corrected chi connectivity index (χ0v) is 10.8. The van der Waals surface area contributed by atoms with E-state index >= 15 is 0 Å². The Labute approximate surface area is 103 Å². The van der Waals surface area contributed by atoms with Crippen molar-refractivity contribution in [3.8, 4) is 0 Å². The van der Waals surface area contributed by atoms with Crippen molar-refractivity contribution in [3.63, 3.8) is 0 Å². The number of hydrogen-bond donors (Lipinski definition) is 1. The fourth-order valence-corrected chi connectivity index (χ4v) is 1.63. The fourth-order valence-electron chi connectivity index (χ4n) is 1.63. The van der Waals surface area contributed by atoms with E-state index in [4.69, 9.17) is 5.73 Å². The number of nitrogens with two attached hydrogens (primary N) is 1. The molecule has 0 saturated carbocycles. The maximum Gasteiger partial charge on any atom is 0.236 e. The lowest BCUT2D eigenvalue weighted by atomic mass is 10.2. The van der Waals surface area contributed by atoms with Crippen LogP contribution in [0.5, 0.6) is 0 Å². The van der Waals surface area contributed by atoms with Gasteiger partial charge in [0.25, 0.3) is 0 Å². The molecule has 0 heterocycles. The highest BCUT2D eigenvalue weighted by Gasteiger charge is 2.09. The maximum absolute atomic E-state index is 11.5. The number of amides is 1. The second-order valence-electron chi connectivity index (χ2n) is 4.17. The van der Waals surface area contributed by atoms with Crippen LogP contribution in [0.1, 0.15) is 12.5 Å². The predicted octanol–water partition coefficient (Wildman–Crippen LogP) is 1.06. The van der Waals surface area contributed by atoms with Gasteiger partial charge in [0.2, 0.25) is 5.91 Å². The van der Waals surface area contributed by atoms with Crippen LogP contribution < -0.4 is 10.6 Å². The quantitative estimate of drug-likeness (QED) is 0.830. The summed E-state index contributed by atoms with van der Waals surface area (Å²) in [5, 5.41) is 0. The molecule has 1 rings (SSSR count). The van der Waals surface area contributed by atoms with Crippen molar-refractivity contribution < 1.29 is 4.79 Å². The number of carbonyl (C=O) groups is 1. The molecule has 0 radical (unpaired) electrons. The molecular formula is C13H21N3O. The number of benzene rings is 1. The average Bonchev–Trinajstić information content (AvgIpc) is 2.35. The number of rotatable bonds is 5. The average molecular weight is 235 g/mol. The minimum atomic E-state index is -0.0100. The third-order valence-electron chi connectivity index (χ3n) is 2.74. The van der Waals surface area contributed by atoms with Crippen molar-refractivity contribution in [2.75, 3.05) is 32.1 Å². The molecule has 1 amide bonds. The Morgan fingerprint density at radius 3 is 2.24 bits per heavy atom. The monoisotopic (exact) mass is 235 g/mol. The molecule has 17 heavy (non-hydrogen) atoms. The van der Waals surface area contributed by atoms with Gasteiger partial charge in [0, 0.05) is 32.9 Å². The van der Waals surface area contributed by atoms with E-state index in [2.05, 4.69) is 12.1 Å². The third-order valence-corrected chi connectivity index (χ3v) is 2.74. The van der Waals surface area contributed by atoms with Gasteiger partial charge in [-0.1, -0.05) is 12.1 Å². The lowest BCUT2D eigenvalue weighted by Gasteiger charge is -2.20. The maximum atomic E-state index is 11.5. The van der Waals surface area contributed by atoms with Gasteiger partial charge in [0.15, 0.2) is 0 Å². The molecule has 0 aliphatic heterocycles. The van der Waals surface area contributed by atoms with E-state index in [1.54, 1.807) is 4.90 Å². The second-order valence-corrected chi connectivity index (χ2v) is 4.17. The van der Waals surface area contributed by atoms with Crippen LogP contribution in [0.25, 0.3) is 0 Å². The fraction of sp³-hybridized carbons (Fsp3) is 0.462. The van der Waals surface area contributed by atoms with Crippen LogP contribution in [0, 0.1) is 0 Å². The lowest BCUT2D eigenvalue weighted by molar-refractivity contribution is -0.130. The Kier molecular flexibility index (Phi) is 4.97. The van der Waals surface area contributed by atoms with Gasteiger partial charge in [-0.25, -0.2) is 0 Å². The zero-order valence-electron chi connectivity index (χ0n) is 10.8. The first-order valence-corrected chi connectivity index (χ1v) is 5.82. The van der Waals surface area contributed by atoms with Gasteiger partial charge < -0.3 is 15.5 Å². The van der Waals surface area contributed by atoms with Gasteiger partial charge in [-0.05, 0) is 24.6 Å². The summed E-state index contributed by atoms with van der Waals surface area (Å²) in [5.74, 6) is -0.0100. The van der Waals surface area contributed by atoms with E-state index in [9.17, 15) is 4.79 Å². The first-order chi connectivity index (χ1) is 8.08. The van der Waals surface area contributed by atoms with Crippen LogP contribution in [0.3, 0.4) is 0 Å². The number of likely N-dealkylation sites (N-methyl/N-ethyl adjacent to an activating group) is 1. The Balaban J connectivity index is 2.70. The van der Waals surface area contributed by atoms with Crippen molar-refractivity contribution in [2.45, 2.75) is 13.5 Å². The SMILES string of the molecule is CCN(Cc1ccc(N(C)C)cc1)C(=O)CN. The summed E-state index contributed by atoms with van der Waals surface area (Å²) >= 11 is 0. The summed E-state index contributed by atoms with van der Waals surface area (Å²) in [5.41, 5.74) is 7.65. The van der Waals surface area contributed by atoms with Gasteiger partial charge in [0.1, 0.15) is 0 Å². The van der Waals surface area contributed by atoms with Crippen LogP contribution in [0.15, 0.2) is 24.3 Å². The van der Waals surface area contributed by atoms with E-state index in [0.29, 0.717) is 13.1 Å². The molecule has 0 aliphatic rings. The van der Waals surface area contributed by atoms with Crippen LogP contribution in [-0.2, 0) is 11.3 Å². The Morgan fingerprint density at radius 1 is 1.24 bits per heavy atom. The smallest absolute Gasteiger partial charge is 0.236 e. The van der Waals surface area contributed by atoms with Crippen LogP contribution in [0.2, 0.25) is 0 Å². The third kappa shape index (κ3) is 3.75. The van der Waals surface area contributed by atoms with E-state index in [1.807, 2.05) is 38.1 Å². The summed E-state index contributed by atoms with van der Waals surface area (Å²) in [6, 6.07) is 8.19. The first kappa shape index (κ1) is 13.5. The predicted molar refractivity (Wildman–Crippen MR) is 70.9 cm³/mol. The molecule has 0 atom stereocenters. The molecule has 0 fully saturated rings. The molecule has 4 nitrogen and oxygen atoms in total. The van der Waals surface area contributed by atoms with Crippen molar-refractivity contribution in [1.29, 1.82) is 0 Å². The van der Waals surface area contributed by atoms with Crippen molar-refractivity contribution in [1.82, 2.24) is 4.90 Å². The van der Waals surface area contributed by atoms with Crippen molar-refractivity contribution in [2.24, 2.45) is 5.73 Å². The van der Waals surface area contributed by atoms with Gasteiger partial charge >= 0.3 is 0 Å². The van der Waals surface area contributed by atoms with Crippen LogP contribution >= 0.6 is 0 Å². The van der Waals surface area contributed by atoms with Crippen molar-refractivity contribution in [3.05, 3.63) is 29.8 Å². The Bertz CT molecular complexity index is 359. The number of carbonyl (C=O) groups excluding carboxylic acids is 1. The molecule has 94 valence electrons. The topological polar surface area (TPSA) is 49.6 Å². The molecular weight excluding hydrogens is 214 g/mol. The summed E-state index contributed by atoms with van der Waals surface area (Å²) in [6.45, 7) is 3.34. The number of hydrogen-bond acceptors (Lipinski definition) is 3. The molecule has 1 aromatic carbocycles. The van der Waals surface area contributed by atoms with E-state index < -0.39 is 0 Å². The van der Waals surface area contributed by atoms with Crippen LogP contribution in [-0.4, -0.2) is 38.0 Å². The first-order valence-electron chi connectivity index (χ1n) is 5.82. The summed E-state index contributed by atoms with van der Waals surface area (Å²) in [7, 11) is 4.01. The molecule has 2 N–H and O–H groups in total. The van der Waals surface area contributed by atoms with Gasteiger partial charge in [-0.15, -0.1) is 0 Å². The molecule has 0 bridgehead atoms. The van der Waals surface area contributed by atoms with E-state index in [-0.39, 0.29) is 12.5 Å². The number of anilines is 1. The van der Waals surface area contributed by atoms with Crippen LogP contribution in [0.4, 0.5) is 5.69 Å². The normalized spacial score (nSPS) is 10.1. The molecule has 1 aromatic rings.